The van der Waals surface area contributed by atoms with Crippen LogP contribution >= 0.6 is 21.6 Å². The molecule has 1 aliphatic rings. The molecule has 1 aromatic heterocycles. The van der Waals surface area contributed by atoms with Gasteiger partial charge < -0.3 is 15.2 Å². The molecule has 2 atom stereocenters. The second kappa shape index (κ2) is 17.3. The number of halogens is 1. The average molecular weight is 648 g/mol. The average Bonchev–Trinajstić information content (AvgIpc) is 2.96. The summed E-state index contributed by atoms with van der Waals surface area (Å²) < 4.78 is 19.8. The summed E-state index contributed by atoms with van der Waals surface area (Å²) >= 11 is 0. The van der Waals surface area contributed by atoms with E-state index in [-0.39, 0.29) is 24.0 Å². The summed E-state index contributed by atoms with van der Waals surface area (Å²) in [6.07, 6.45) is 8.39. The van der Waals surface area contributed by atoms with Gasteiger partial charge in [-0.15, -0.1) is 0 Å². The molecule has 0 bridgehead atoms. The van der Waals surface area contributed by atoms with Gasteiger partial charge in [-0.25, -0.2) is 14.2 Å². The Hall–Kier alpha value is -3.25. The van der Waals surface area contributed by atoms with Gasteiger partial charge in [0.1, 0.15) is 11.5 Å². The molecular formula is C32H42FN3O6S2. The molecular weight excluding hydrogens is 605 g/mol. The molecule has 9 nitrogen and oxygen atoms in total. The number of ether oxygens (including phenoxy) is 1. The van der Waals surface area contributed by atoms with Crippen LogP contribution < -0.4 is 21.3 Å². The van der Waals surface area contributed by atoms with Crippen molar-refractivity contribution in [1.82, 2.24) is 14.9 Å². The molecule has 0 unspecified atom stereocenters. The Morgan fingerprint density at radius 1 is 1.20 bits per heavy atom. The standard InChI is InChI=1S/C32H42FN3O6S2/c1-5-6-7-9-22-17-26(37)29(24-16-21(4)11-12-23(24)20(2)3)27(18-22)42-32(41)34-13-15-44-43-14-8-10-28(38)36-19-25(33)30(39)35-31(36)40/h16-19,23-24,37H,2,5-15H2,1,3-4H3,(H,34,41)(H,35,39,40)/t23-,24+/m0/s1. The number of carbonyl (C=O) groups is 2. The molecule has 3 N–H and O–H groups in total. The molecule has 0 saturated carbocycles. The van der Waals surface area contributed by atoms with Crippen molar-refractivity contribution in [2.24, 2.45) is 5.92 Å². The number of aromatic nitrogens is 2. The van der Waals surface area contributed by atoms with Crippen LogP contribution in [0.3, 0.4) is 0 Å². The van der Waals surface area contributed by atoms with Gasteiger partial charge >= 0.3 is 11.8 Å². The van der Waals surface area contributed by atoms with E-state index < -0.39 is 29.1 Å². The van der Waals surface area contributed by atoms with Gasteiger partial charge in [0.2, 0.25) is 11.7 Å². The number of H-pyrrole nitrogens is 1. The number of rotatable bonds is 15. The second-order valence-electron chi connectivity index (χ2n) is 11.1. The van der Waals surface area contributed by atoms with E-state index in [1.54, 1.807) is 11.1 Å². The maximum Gasteiger partial charge on any atom is 0.412 e. The zero-order valence-corrected chi connectivity index (χ0v) is 27.2. The van der Waals surface area contributed by atoms with E-state index >= 15 is 0 Å². The van der Waals surface area contributed by atoms with Gasteiger partial charge in [0.05, 0.1) is 6.20 Å². The molecule has 12 heteroatoms. The molecule has 1 heterocycles. The lowest BCUT2D eigenvalue weighted by atomic mass is 9.73. The summed E-state index contributed by atoms with van der Waals surface area (Å²) in [6.45, 7) is 10.7. The van der Waals surface area contributed by atoms with Gasteiger partial charge in [-0.1, -0.05) is 65.2 Å². The molecule has 44 heavy (non-hydrogen) atoms. The van der Waals surface area contributed by atoms with Gasteiger partial charge in [0.15, 0.2) is 0 Å². The van der Waals surface area contributed by atoms with Gasteiger partial charge in [0, 0.05) is 36.0 Å². The summed E-state index contributed by atoms with van der Waals surface area (Å²) in [5.74, 6) is -0.151. The Balaban J connectivity index is 1.53. The highest BCUT2D eigenvalue weighted by molar-refractivity contribution is 8.76. The smallest absolute Gasteiger partial charge is 0.412 e. The van der Waals surface area contributed by atoms with Crippen LogP contribution in [0.1, 0.15) is 87.6 Å². The Bertz CT molecular complexity index is 1490. The predicted octanol–water partition coefficient (Wildman–Crippen LogP) is 6.72. The largest absolute Gasteiger partial charge is 0.507 e. The normalized spacial score (nSPS) is 16.3. The van der Waals surface area contributed by atoms with Crippen LogP contribution in [0, 0.1) is 11.7 Å². The SMILES string of the molecule is C=C(C)[C@@H]1CCC(C)=C[C@H]1c1c(O)cc(CCCCC)cc1OC(=O)NCCSSCCCC(=O)n1cc(F)c(=O)[nH]c1=O. The highest BCUT2D eigenvalue weighted by Crippen LogP contribution is 2.47. The van der Waals surface area contributed by atoms with Crippen LogP contribution in [-0.2, 0) is 6.42 Å². The first kappa shape index (κ1) is 35.2. The molecule has 1 amide bonds. The van der Waals surface area contributed by atoms with Crippen molar-refractivity contribution in [2.75, 3.05) is 18.1 Å². The lowest BCUT2D eigenvalue weighted by Crippen LogP contribution is -2.34. The molecule has 240 valence electrons. The van der Waals surface area contributed by atoms with Gasteiger partial charge in [-0.2, -0.15) is 4.39 Å². The van der Waals surface area contributed by atoms with E-state index in [1.807, 2.05) is 13.0 Å². The third kappa shape index (κ3) is 10.2. The minimum Gasteiger partial charge on any atom is -0.507 e. The van der Waals surface area contributed by atoms with Crippen LogP contribution in [-0.4, -0.2) is 44.7 Å². The quantitative estimate of drug-likeness (QED) is 0.110. The first-order chi connectivity index (χ1) is 21.0. The number of unbranched alkanes of at least 4 members (excludes halogenated alkanes) is 2. The van der Waals surface area contributed by atoms with E-state index in [1.165, 1.54) is 27.2 Å². The number of hydrogen-bond acceptors (Lipinski definition) is 8. The summed E-state index contributed by atoms with van der Waals surface area (Å²) in [5.41, 5.74) is 1.66. The van der Waals surface area contributed by atoms with Crippen LogP contribution in [0.5, 0.6) is 11.5 Å². The van der Waals surface area contributed by atoms with E-state index in [0.29, 0.717) is 46.5 Å². The Labute approximate surface area is 265 Å². The Morgan fingerprint density at radius 3 is 2.68 bits per heavy atom. The maximum atomic E-state index is 13.4. The Morgan fingerprint density at radius 2 is 1.95 bits per heavy atom. The minimum absolute atomic E-state index is 0.0121. The number of benzene rings is 1. The van der Waals surface area contributed by atoms with Crippen molar-refractivity contribution in [3.63, 3.8) is 0 Å². The summed E-state index contributed by atoms with van der Waals surface area (Å²) in [4.78, 5) is 49.6. The van der Waals surface area contributed by atoms with Crippen LogP contribution in [0.4, 0.5) is 9.18 Å². The number of nitrogens with one attached hydrogen (secondary N) is 2. The van der Waals surface area contributed by atoms with Crippen molar-refractivity contribution in [3.8, 4) is 11.5 Å². The fourth-order valence-electron chi connectivity index (χ4n) is 5.20. The summed E-state index contributed by atoms with van der Waals surface area (Å²) in [7, 11) is 3.00. The third-order valence-corrected chi connectivity index (χ3v) is 9.98. The molecule has 0 fully saturated rings. The molecule has 1 aromatic carbocycles. The van der Waals surface area contributed by atoms with Crippen molar-refractivity contribution in [1.29, 1.82) is 0 Å². The van der Waals surface area contributed by atoms with E-state index in [9.17, 15) is 28.7 Å². The van der Waals surface area contributed by atoms with Crippen LogP contribution in [0.2, 0.25) is 0 Å². The predicted molar refractivity (Wildman–Crippen MR) is 175 cm³/mol. The van der Waals surface area contributed by atoms with Crippen molar-refractivity contribution in [3.05, 3.63) is 79.9 Å². The fraction of sp³-hybridized carbons (Fsp3) is 0.500. The number of phenols is 1. The number of nitrogens with zero attached hydrogens (tertiary/aromatic N) is 1. The molecule has 2 aromatic rings. The van der Waals surface area contributed by atoms with Gasteiger partial charge in [-0.05, 0) is 69.6 Å². The number of carbonyl (C=O) groups excluding carboxylic acids is 2. The van der Waals surface area contributed by atoms with Gasteiger partial charge in [0.25, 0.3) is 5.56 Å². The number of aromatic amines is 1. The lowest BCUT2D eigenvalue weighted by Gasteiger charge is -2.32. The number of hydrogen-bond donors (Lipinski definition) is 3. The summed E-state index contributed by atoms with van der Waals surface area (Å²) in [6, 6.07) is 3.67. The number of aryl methyl sites for hydroxylation is 1. The van der Waals surface area contributed by atoms with E-state index in [0.717, 1.165) is 49.7 Å². The van der Waals surface area contributed by atoms with Crippen LogP contribution in [0.15, 0.2) is 51.7 Å². The van der Waals surface area contributed by atoms with Gasteiger partial charge in [-0.3, -0.25) is 14.6 Å². The minimum atomic E-state index is -1.20. The van der Waals surface area contributed by atoms with Crippen LogP contribution in [0.25, 0.3) is 0 Å². The van der Waals surface area contributed by atoms with E-state index in [4.69, 9.17) is 4.74 Å². The lowest BCUT2D eigenvalue weighted by molar-refractivity contribution is 0.0894. The summed E-state index contributed by atoms with van der Waals surface area (Å²) in [5, 5.41) is 14.0. The third-order valence-electron chi connectivity index (χ3n) is 7.49. The number of aromatic hydroxyl groups is 1. The van der Waals surface area contributed by atoms with Crippen molar-refractivity contribution >= 4 is 33.6 Å². The second-order valence-corrected chi connectivity index (χ2v) is 13.8. The highest BCUT2D eigenvalue weighted by Gasteiger charge is 2.31. The van der Waals surface area contributed by atoms with Crippen molar-refractivity contribution in [2.45, 2.75) is 78.1 Å². The zero-order valence-electron chi connectivity index (χ0n) is 25.6. The monoisotopic (exact) mass is 647 g/mol. The molecule has 1 aliphatic carbocycles. The fourth-order valence-corrected chi connectivity index (χ4v) is 7.19. The first-order valence-electron chi connectivity index (χ1n) is 14.9. The van der Waals surface area contributed by atoms with E-state index in [2.05, 4.69) is 31.8 Å². The van der Waals surface area contributed by atoms with Crippen molar-refractivity contribution < 1.29 is 23.8 Å². The molecule has 0 aliphatic heterocycles. The number of phenolic OH excluding ortho intramolecular Hbond substituents is 1. The number of allylic oxidation sites excluding steroid dienone is 3. The number of amides is 1. The zero-order chi connectivity index (χ0) is 32.2. The maximum absolute atomic E-state index is 13.4. The molecule has 0 spiro atoms. The molecule has 0 radical (unpaired) electrons. The molecule has 3 rings (SSSR count). The Kier molecular flexibility index (Phi) is 13.8. The first-order valence-corrected chi connectivity index (χ1v) is 17.4. The topological polar surface area (TPSA) is 130 Å². The highest BCUT2D eigenvalue weighted by atomic mass is 33.1. The molecule has 0 saturated heterocycles.